The third-order valence-corrected chi connectivity index (χ3v) is 4.79. The third-order valence-electron chi connectivity index (χ3n) is 4.79. The summed E-state index contributed by atoms with van der Waals surface area (Å²) in [6.45, 7) is 15.6. The Kier molecular flexibility index (Phi) is 4.27. The summed E-state index contributed by atoms with van der Waals surface area (Å²) in [5.74, 6) is 1.47. The van der Waals surface area contributed by atoms with Gasteiger partial charge in [-0.15, -0.1) is 0 Å². The summed E-state index contributed by atoms with van der Waals surface area (Å²) >= 11 is 0. The van der Waals surface area contributed by atoms with Gasteiger partial charge in [-0.1, -0.05) is 34.6 Å². The molecule has 17 heavy (non-hydrogen) atoms. The summed E-state index contributed by atoms with van der Waals surface area (Å²) in [7, 11) is 0. The van der Waals surface area contributed by atoms with Crippen molar-refractivity contribution in [1.82, 2.24) is 4.90 Å². The van der Waals surface area contributed by atoms with Gasteiger partial charge >= 0.3 is 0 Å². The maximum atomic E-state index is 12.3. The largest absolute Gasteiger partial charge is 0.337 e. The van der Waals surface area contributed by atoms with Crippen LogP contribution in [0.25, 0.3) is 0 Å². The van der Waals surface area contributed by atoms with E-state index in [1.165, 1.54) is 0 Å². The van der Waals surface area contributed by atoms with E-state index in [4.69, 9.17) is 0 Å². The van der Waals surface area contributed by atoms with Gasteiger partial charge in [0.25, 0.3) is 0 Å². The molecule has 0 aromatic carbocycles. The molecule has 0 N–H and O–H groups in total. The number of amides is 1. The van der Waals surface area contributed by atoms with Crippen molar-refractivity contribution in [1.29, 1.82) is 0 Å². The van der Waals surface area contributed by atoms with Crippen LogP contribution in [0.3, 0.4) is 0 Å². The van der Waals surface area contributed by atoms with Gasteiger partial charge in [0, 0.05) is 23.9 Å². The summed E-state index contributed by atoms with van der Waals surface area (Å²) in [5.41, 5.74) is 0.163. The van der Waals surface area contributed by atoms with Crippen LogP contribution in [0.2, 0.25) is 0 Å². The Labute approximate surface area is 107 Å². The van der Waals surface area contributed by atoms with Gasteiger partial charge in [-0.25, -0.2) is 0 Å². The highest BCUT2D eigenvalue weighted by atomic mass is 16.2. The van der Waals surface area contributed by atoms with Crippen LogP contribution in [0.4, 0.5) is 0 Å². The highest BCUT2D eigenvalue weighted by Crippen LogP contribution is 2.51. The molecule has 0 aromatic rings. The van der Waals surface area contributed by atoms with Crippen LogP contribution < -0.4 is 0 Å². The van der Waals surface area contributed by atoms with Crippen molar-refractivity contribution in [2.24, 2.45) is 17.3 Å². The second-order valence-electron chi connectivity index (χ2n) is 6.42. The molecule has 1 amide bonds. The Morgan fingerprint density at radius 3 is 1.94 bits per heavy atom. The van der Waals surface area contributed by atoms with Crippen LogP contribution in [-0.2, 0) is 4.79 Å². The van der Waals surface area contributed by atoms with Gasteiger partial charge in [0.05, 0.1) is 0 Å². The second-order valence-corrected chi connectivity index (χ2v) is 6.42. The van der Waals surface area contributed by atoms with Crippen molar-refractivity contribution in [3.05, 3.63) is 0 Å². The summed E-state index contributed by atoms with van der Waals surface area (Å²) in [6, 6.07) is 0.738. The first-order valence-electron chi connectivity index (χ1n) is 7.10. The fourth-order valence-corrected chi connectivity index (χ4v) is 3.97. The number of nitrogens with zero attached hydrogens (tertiary/aromatic N) is 1. The van der Waals surface area contributed by atoms with Gasteiger partial charge in [-0.05, 0) is 32.1 Å². The van der Waals surface area contributed by atoms with E-state index in [1.54, 1.807) is 0 Å². The number of likely N-dealkylation sites (tertiary alicyclic amines) is 1. The SMILES string of the molecule is CCC1N(C(C)C)C(=O)CC1(C(C)C)C(C)C. The van der Waals surface area contributed by atoms with E-state index in [9.17, 15) is 4.79 Å². The van der Waals surface area contributed by atoms with Gasteiger partial charge in [0.15, 0.2) is 0 Å². The topological polar surface area (TPSA) is 20.3 Å². The number of carbonyl (C=O) groups is 1. The van der Waals surface area contributed by atoms with Gasteiger partial charge < -0.3 is 4.90 Å². The molecule has 100 valence electrons. The van der Waals surface area contributed by atoms with Gasteiger partial charge in [-0.2, -0.15) is 0 Å². The van der Waals surface area contributed by atoms with Crippen molar-refractivity contribution in [3.63, 3.8) is 0 Å². The Morgan fingerprint density at radius 2 is 1.65 bits per heavy atom. The fraction of sp³-hybridized carbons (Fsp3) is 0.933. The van der Waals surface area contributed by atoms with Crippen molar-refractivity contribution >= 4 is 5.91 Å². The summed E-state index contributed by atoms with van der Waals surface area (Å²) in [6.07, 6.45) is 1.80. The quantitative estimate of drug-likeness (QED) is 0.732. The first-order chi connectivity index (χ1) is 7.78. The molecule has 0 aliphatic carbocycles. The molecular weight excluding hydrogens is 210 g/mol. The first-order valence-corrected chi connectivity index (χ1v) is 7.10. The van der Waals surface area contributed by atoms with Crippen molar-refractivity contribution in [2.75, 3.05) is 0 Å². The maximum absolute atomic E-state index is 12.3. The molecule has 1 aliphatic rings. The van der Waals surface area contributed by atoms with E-state index in [-0.39, 0.29) is 5.41 Å². The lowest BCUT2D eigenvalue weighted by atomic mass is 9.63. The van der Waals surface area contributed by atoms with E-state index in [1.807, 2.05) is 0 Å². The molecular formula is C15H29NO. The van der Waals surface area contributed by atoms with Crippen LogP contribution in [0.15, 0.2) is 0 Å². The van der Waals surface area contributed by atoms with E-state index in [2.05, 4.69) is 53.4 Å². The van der Waals surface area contributed by atoms with Crippen LogP contribution in [0.5, 0.6) is 0 Å². The highest BCUT2D eigenvalue weighted by molar-refractivity contribution is 5.80. The minimum absolute atomic E-state index is 0.163. The van der Waals surface area contributed by atoms with Crippen LogP contribution in [0.1, 0.15) is 61.3 Å². The Hall–Kier alpha value is -0.530. The molecule has 0 bridgehead atoms. The predicted octanol–water partition coefficient (Wildman–Crippen LogP) is 3.70. The predicted molar refractivity (Wildman–Crippen MR) is 72.8 cm³/mol. The number of hydrogen-bond acceptors (Lipinski definition) is 1. The summed E-state index contributed by atoms with van der Waals surface area (Å²) in [5, 5.41) is 0. The van der Waals surface area contributed by atoms with E-state index in [0.29, 0.717) is 29.8 Å². The van der Waals surface area contributed by atoms with Crippen molar-refractivity contribution in [3.8, 4) is 0 Å². The number of rotatable bonds is 4. The maximum Gasteiger partial charge on any atom is 0.223 e. The molecule has 0 spiro atoms. The molecule has 0 radical (unpaired) electrons. The zero-order valence-corrected chi connectivity index (χ0v) is 12.6. The average Bonchev–Trinajstić information content (AvgIpc) is 2.51. The molecule has 1 rings (SSSR count). The lowest BCUT2D eigenvalue weighted by Gasteiger charge is -2.44. The molecule has 0 saturated carbocycles. The van der Waals surface area contributed by atoms with Crippen molar-refractivity contribution < 1.29 is 4.79 Å². The van der Waals surface area contributed by atoms with Crippen LogP contribution >= 0.6 is 0 Å². The zero-order chi connectivity index (χ0) is 13.4. The van der Waals surface area contributed by atoms with E-state index >= 15 is 0 Å². The van der Waals surface area contributed by atoms with Gasteiger partial charge in [0.2, 0.25) is 5.91 Å². The molecule has 1 aliphatic heterocycles. The molecule has 2 nitrogen and oxygen atoms in total. The first kappa shape index (κ1) is 14.5. The van der Waals surface area contributed by atoms with Crippen LogP contribution in [-0.4, -0.2) is 22.9 Å². The smallest absolute Gasteiger partial charge is 0.223 e. The minimum Gasteiger partial charge on any atom is -0.337 e. The van der Waals surface area contributed by atoms with Crippen LogP contribution in [0, 0.1) is 17.3 Å². The third kappa shape index (κ3) is 2.11. The number of carbonyl (C=O) groups excluding carboxylic acids is 1. The van der Waals surface area contributed by atoms with E-state index < -0.39 is 0 Å². The molecule has 2 heteroatoms. The highest BCUT2D eigenvalue weighted by Gasteiger charge is 2.54. The van der Waals surface area contributed by atoms with Crippen molar-refractivity contribution in [2.45, 2.75) is 73.4 Å². The Bertz CT molecular complexity index is 273. The number of hydrogen-bond donors (Lipinski definition) is 0. The molecule has 1 saturated heterocycles. The Balaban J connectivity index is 3.20. The molecule has 1 fully saturated rings. The summed E-state index contributed by atoms with van der Waals surface area (Å²) in [4.78, 5) is 14.5. The molecule has 1 unspecified atom stereocenters. The second kappa shape index (κ2) is 4.99. The molecule has 1 heterocycles. The minimum atomic E-state index is 0.163. The van der Waals surface area contributed by atoms with Gasteiger partial charge in [-0.3, -0.25) is 4.79 Å². The lowest BCUT2D eigenvalue weighted by Crippen LogP contribution is -2.48. The fourth-order valence-electron chi connectivity index (χ4n) is 3.97. The standard InChI is InChI=1S/C15H29NO/c1-8-13-15(10(2)3,11(4)5)9-14(17)16(13)12(6)7/h10-13H,8-9H2,1-7H3. The Morgan fingerprint density at radius 1 is 1.18 bits per heavy atom. The summed E-state index contributed by atoms with van der Waals surface area (Å²) < 4.78 is 0. The van der Waals surface area contributed by atoms with E-state index in [0.717, 1.165) is 12.8 Å². The van der Waals surface area contributed by atoms with Gasteiger partial charge in [0.1, 0.15) is 0 Å². The lowest BCUT2D eigenvalue weighted by molar-refractivity contribution is -0.130. The molecule has 0 aromatic heterocycles. The average molecular weight is 239 g/mol. The zero-order valence-electron chi connectivity index (χ0n) is 12.6. The normalized spacial score (nSPS) is 24.5. The monoisotopic (exact) mass is 239 g/mol. The molecule has 1 atom stereocenters.